The van der Waals surface area contributed by atoms with E-state index in [1.165, 1.54) is 4.90 Å². The SMILES string of the molecule is Cc1cc(NC(=O)CN(CC2CCCO2)C(=O)COCc2ccccc2)no1. The molecule has 2 aromatic rings. The summed E-state index contributed by atoms with van der Waals surface area (Å²) in [6.07, 6.45) is 1.78. The molecular formula is C20H25N3O5. The van der Waals surface area contributed by atoms with Gasteiger partial charge in [0.05, 0.1) is 12.7 Å². The number of ether oxygens (including phenoxy) is 2. The zero-order valence-electron chi connectivity index (χ0n) is 15.9. The van der Waals surface area contributed by atoms with Crippen LogP contribution in [0.5, 0.6) is 0 Å². The molecule has 2 heterocycles. The first-order chi connectivity index (χ1) is 13.6. The Kier molecular flexibility index (Phi) is 7.16. The van der Waals surface area contributed by atoms with Crippen molar-refractivity contribution in [3.63, 3.8) is 0 Å². The van der Waals surface area contributed by atoms with Gasteiger partial charge in [0.1, 0.15) is 18.9 Å². The molecule has 0 radical (unpaired) electrons. The molecule has 1 atom stereocenters. The molecule has 8 heteroatoms. The molecule has 0 aliphatic carbocycles. The lowest BCUT2D eigenvalue weighted by Crippen LogP contribution is -2.44. The van der Waals surface area contributed by atoms with E-state index in [0.717, 1.165) is 18.4 Å². The monoisotopic (exact) mass is 387 g/mol. The minimum Gasteiger partial charge on any atom is -0.376 e. The Morgan fingerprint density at radius 3 is 2.82 bits per heavy atom. The molecule has 0 bridgehead atoms. The number of hydrogen-bond donors (Lipinski definition) is 1. The Bertz CT molecular complexity index is 771. The number of anilines is 1. The summed E-state index contributed by atoms with van der Waals surface area (Å²) in [5.74, 6) is 0.324. The number of hydrogen-bond acceptors (Lipinski definition) is 6. The average molecular weight is 387 g/mol. The van der Waals surface area contributed by atoms with E-state index in [0.29, 0.717) is 31.3 Å². The van der Waals surface area contributed by atoms with Crippen molar-refractivity contribution >= 4 is 17.6 Å². The van der Waals surface area contributed by atoms with E-state index in [9.17, 15) is 9.59 Å². The van der Waals surface area contributed by atoms with Crippen LogP contribution < -0.4 is 5.32 Å². The van der Waals surface area contributed by atoms with Crippen molar-refractivity contribution in [3.8, 4) is 0 Å². The maximum absolute atomic E-state index is 12.6. The van der Waals surface area contributed by atoms with Crippen molar-refractivity contribution in [1.82, 2.24) is 10.1 Å². The molecule has 1 saturated heterocycles. The topological polar surface area (TPSA) is 93.9 Å². The fourth-order valence-corrected chi connectivity index (χ4v) is 2.99. The molecule has 0 spiro atoms. The summed E-state index contributed by atoms with van der Waals surface area (Å²) in [5.41, 5.74) is 0.986. The van der Waals surface area contributed by atoms with Gasteiger partial charge in [0.2, 0.25) is 11.8 Å². The second kappa shape index (κ2) is 10.0. The Balaban J connectivity index is 1.53. The van der Waals surface area contributed by atoms with Crippen LogP contribution in [-0.2, 0) is 25.7 Å². The highest BCUT2D eigenvalue weighted by Crippen LogP contribution is 2.14. The highest BCUT2D eigenvalue weighted by Gasteiger charge is 2.24. The lowest BCUT2D eigenvalue weighted by atomic mass is 10.2. The smallest absolute Gasteiger partial charge is 0.249 e. The van der Waals surface area contributed by atoms with Crippen molar-refractivity contribution < 1.29 is 23.6 Å². The predicted octanol–water partition coefficient (Wildman–Crippen LogP) is 2.15. The van der Waals surface area contributed by atoms with Crippen molar-refractivity contribution in [2.45, 2.75) is 32.5 Å². The minimum atomic E-state index is -0.345. The molecule has 1 aliphatic heterocycles. The molecule has 1 unspecified atom stereocenters. The molecule has 28 heavy (non-hydrogen) atoms. The zero-order chi connectivity index (χ0) is 19.8. The van der Waals surface area contributed by atoms with Gasteiger partial charge < -0.3 is 24.2 Å². The van der Waals surface area contributed by atoms with Gasteiger partial charge in [-0.3, -0.25) is 9.59 Å². The number of carbonyl (C=O) groups excluding carboxylic acids is 2. The van der Waals surface area contributed by atoms with Gasteiger partial charge in [-0.1, -0.05) is 35.5 Å². The third-order valence-electron chi connectivity index (χ3n) is 4.37. The van der Waals surface area contributed by atoms with Crippen LogP contribution in [0.3, 0.4) is 0 Å². The Morgan fingerprint density at radius 2 is 2.14 bits per heavy atom. The van der Waals surface area contributed by atoms with Crippen molar-refractivity contribution in [3.05, 3.63) is 47.7 Å². The van der Waals surface area contributed by atoms with Gasteiger partial charge in [0.25, 0.3) is 0 Å². The van der Waals surface area contributed by atoms with E-state index in [2.05, 4.69) is 10.5 Å². The molecule has 0 saturated carbocycles. The number of aromatic nitrogens is 1. The second-order valence-corrected chi connectivity index (χ2v) is 6.76. The number of nitrogens with zero attached hydrogens (tertiary/aromatic N) is 2. The molecular weight excluding hydrogens is 362 g/mol. The summed E-state index contributed by atoms with van der Waals surface area (Å²) in [4.78, 5) is 26.5. The molecule has 1 aliphatic rings. The van der Waals surface area contributed by atoms with Gasteiger partial charge in [-0.25, -0.2) is 0 Å². The normalized spacial score (nSPS) is 16.1. The van der Waals surface area contributed by atoms with Gasteiger partial charge >= 0.3 is 0 Å². The number of amides is 2. The highest BCUT2D eigenvalue weighted by atomic mass is 16.5. The molecule has 150 valence electrons. The van der Waals surface area contributed by atoms with E-state index >= 15 is 0 Å². The fourth-order valence-electron chi connectivity index (χ4n) is 2.99. The van der Waals surface area contributed by atoms with Crippen LogP contribution in [0.4, 0.5) is 5.82 Å². The number of rotatable bonds is 9. The molecule has 8 nitrogen and oxygen atoms in total. The lowest BCUT2D eigenvalue weighted by molar-refractivity contribution is -0.140. The molecule has 1 aromatic carbocycles. The fraction of sp³-hybridized carbons (Fsp3) is 0.450. The van der Waals surface area contributed by atoms with Crippen LogP contribution in [0.15, 0.2) is 40.9 Å². The summed E-state index contributed by atoms with van der Waals surface area (Å²) in [5, 5.41) is 6.37. The second-order valence-electron chi connectivity index (χ2n) is 6.76. The number of nitrogens with one attached hydrogen (secondary N) is 1. The van der Waals surface area contributed by atoms with Crippen LogP contribution >= 0.6 is 0 Å². The lowest BCUT2D eigenvalue weighted by Gasteiger charge is -2.24. The molecule has 1 N–H and O–H groups in total. The zero-order valence-corrected chi connectivity index (χ0v) is 15.9. The first-order valence-electron chi connectivity index (χ1n) is 9.34. The van der Waals surface area contributed by atoms with Gasteiger partial charge in [-0.05, 0) is 25.3 Å². The van der Waals surface area contributed by atoms with Crippen molar-refractivity contribution in [2.24, 2.45) is 0 Å². The number of aryl methyl sites for hydroxylation is 1. The molecule has 2 amide bonds. The van der Waals surface area contributed by atoms with E-state index in [-0.39, 0.29) is 31.1 Å². The van der Waals surface area contributed by atoms with Crippen LogP contribution in [0, 0.1) is 6.92 Å². The maximum Gasteiger partial charge on any atom is 0.249 e. The minimum absolute atomic E-state index is 0.0554. The quantitative estimate of drug-likeness (QED) is 0.709. The third kappa shape index (κ3) is 6.17. The first kappa shape index (κ1) is 20.0. The van der Waals surface area contributed by atoms with E-state index in [1.54, 1.807) is 13.0 Å². The van der Waals surface area contributed by atoms with Gasteiger partial charge in [-0.2, -0.15) is 0 Å². The molecule has 3 rings (SSSR count). The van der Waals surface area contributed by atoms with Crippen LogP contribution in [0.1, 0.15) is 24.2 Å². The Morgan fingerprint density at radius 1 is 1.32 bits per heavy atom. The molecule has 1 fully saturated rings. The first-order valence-corrected chi connectivity index (χ1v) is 9.34. The Labute approximate surface area is 163 Å². The van der Waals surface area contributed by atoms with E-state index in [4.69, 9.17) is 14.0 Å². The maximum atomic E-state index is 12.6. The van der Waals surface area contributed by atoms with Crippen LogP contribution in [0.25, 0.3) is 0 Å². The summed E-state index contributed by atoms with van der Waals surface area (Å²) < 4.78 is 16.1. The van der Waals surface area contributed by atoms with Gasteiger partial charge in [0, 0.05) is 19.2 Å². The van der Waals surface area contributed by atoms with Gasteiger partial charge in [-0.15, -0.1) is 0 Å². The van der Waals surface area contributed by atoms with E-state index in [1.807, 2.05) is 30.3 Å². The number of benzene rings is 1. The number of carbonyl (C=O) groups is 2. The standard InChI is InChI=1S/C20H25N3O5/c1-15-10-18(22-28-15)21-19(24)12-23(11-17-8-5-9-27-17)20(25)14-26-13-16-6-3-2-4-7-16/h2-4,6-7,10,17H,5,8-9,11-14H2,1H3,(H,21,22,24). The predicted molar refractivity (Wildman–Crippen MR) is 102 cm³/mol. The summed E-state index contributed by atoms with van der Waals surface area (Å²) in [6.45, 7) is 2.92. The van der Waals surface area contributed by atoms with Gasteiger partial charge in [0.15, 0.2) is 5.82 Å². The largest absolute Gasteiger partial charge is 0.376 e. The third-order valence-corrected chi connectivity index (χ3v) is 4.37. The highest BCUT2D eigenvalue weighted by molar-refractivity contribution is 5.94. The van der Waals surface area contributed by atoms with Crippen LogP contribution in [0.2, 0.25) is 0 Å². The average Bonchev–Trinajstić information content (AvgIpc) is 3.33. The van der Waals surface area contributed by atoms with Crippen molar-refractivity contribution in [2.75, 3.05) is 31.6 Å². The summed E-state index contributed by atoms with van der Waals surface area (Å²) in [7, 11) is 0. The van der Waals surface area contributed by atoms with Crippen molar-refractivity contribution in [1.29, 1.82) is 0 Å². The Hall–Kier alpha value is -2.71. The van der Waals surface area contributed by atoms with E-state index < -0.39 is 0 Å². The summed E-state index contributed by atoms with van der Waals surface area (Å²) in [6, 6.07) is 11.2. The molecule has 1 aromatic heterocycles. The summed E-state index contributed by atoms with van der Waals surface area (Å²) >= 11 is 0. The van der Waals surface area contributed by atoms with Crippen LogP contribution in [-0.4, -0.2) is 54.3 Å².